The van der Waals surface area contributed by atoms with Crippen molar-refractivity contribution in [3.63, 3.8) is 0 Å². The summed E-state index contributed by atoms with van der Waals surface area (Å²) in [7, 11) is 1.68. The maximum absolute atomic E-state index is 11.3. The lowest BCUT2D eigenvalue weighted by atomic mass is 10.0. The average Bonchev–Trinajstić information content (AvgIpc) is 3.16. The summed E-state index contributed by atoms with van der Waals surface area (Å²) < 4.78 is 10.6. The van der Waals surface area contributed by atoms with Gasteiger partial charge in [-0.2, -0.15) is 0 Å². The largest absolute Gasteiger partial charge is 0.475 e. The molecule has 1 aliphatic carbocycles. The molecule has 0 radical (unpaired) electrons. The van der Waals surface area contributed by atoms with Crippen LogP contribution in [0.2, 0.25) is 0 Å². The Morgan fingerprint density at radius 2 is 2.26 bits per heavy atom. The van der Waals surface area contributed by atoms with Gasteiger partial charge in [0.15, 0.2) is 0 Å². The van der Waals surface area contributed by atoms with Crippen molar-refractivity contribution in [3.8, 4) is 0 Å². The third-order valence-electron chi connectivity index (χ3n) is 3.57. The van der Waals surface area contributed by atoms with Crippen LogP contribution in [-0.4, -0.2) is 24.8 Å². The van der Waals surface area contributed by atoms with E-state index in [0.29, 0.717) is 18.1 Å². The minimum absolute atomic E-state index is 0.112. The summed E-state index contributed by atoms with van der Waals surface area (Å²) in [4.78, 5) is 11.3. The van der Waals surface area contributed by atoms with Crippen LogP contribution >= 0.6 is 0 Å². The molecule has 0 amide bonds. The molecule has 4 heteroatoms. The highest BCUT2D eigenvalue weighted by Crippen LogP contribution is 2.46. The first-order valence-electron chi connectivity index (χ1n) is 6.48. The van der Waals surface area contributed by atoms with Gasteiger partial charge in [-0.25, -0.2) is 4.79 Å². The number of carboxylic acid groups (broad SMARTS) is 1. The van der Waals surface area contributed by atoms with Crippen LogP contribution in [-0.2, 0) is 11.2 Å². The van der Waals surface area contributed by atoms with E-state index in [9.17, 15) is 9.90 Å². The van der Waals surface area contributed by atoms with E-state index in [0.717, 1.165) is 35.8 Å². The monoisotopic (exact) mass is 260 g/mol. The normalized spacial score (nSPS) is 15.0. The van der Waals surface area contributed by atoms with Gasteiger partial charge in [0.1, 0.15) is 5.58 Å². The van der Waals surface area contributed by atoms with E-state index in [1.165, 1.54) is 0 Å². The number of hydrogen-bond acceptors (Lipinski definition) is 3. The van der Waals surface area contributed by atoms with Crippen molar-refractivity contribution in [2.45, 2.75) is 25.2 Å². The van der Waals surface area contributed by atoms with Gasteiger partial charge < -0.3 is 14.3 Å². The first-order chi connectivity index (χ1) is 9.20. The predicted molar refractivity (Wildman–Crippen MR) is 70.7 cm³/mol. The minimum Gasteiger partial charge on any atom is -0.475 e. The van der Waals surface area contributed by atoms with Gasteiger partial charge in [-0.15, -0.1) is 0 Å². The number of rotatable bonds is 5. The zero-order valence-electron chi connectivity index (χ0n) is 10.8. The smallest absolute Gasteiger partial charge is 0.372 e. The molecule has 1 fully saturated rings. The second-order valence-corrected chi connectivity index (χ2v) is 5.00. The Balaban J connectivity index is 2.09. The number of hydrogen-bond donors (Lipinski definition) is 1. The predicted octanol–water partition coefficient (Wildman–Crippen LogP) is 3.20. The number of carboxylic acids is 1. The summed E-state index contributed by atoms with van der Waals surface area (Å²) in [5.74, 6) is -0.511. The molecule has 100 valence electrons. The molecule has 4 nitrogen and oxygen atoms in total. The topological polar surface area (TPSA) is 59.7 Å². The Hall–Kier alpha value is -1.81. The van der Waals surface area contributed by atoms with E-state index in [-0.39, 0.29) is 5.76 Å². The van der Waals surface area contributed by atoms with Gasteiger partial charge >= 0.3 is 5.97 Å². The van der Waals surface area contributed by atoms with Crippen molar-refractivity contribution in [3.05, 3.63) is 35.1 Å². The van der Waals surface area contributed by atoms with Gasteiger partial charge in [-0.1, -0.05) is 6.07 Å². The summed E-state index contributed by atoms with van der Waals surface area (Å²) in [6.45, 7) is 0.661. The molecule has 0 unspecified atom stereocenters. The van der Waals surface area contributed by atoms with Crippen LogP contribution in [0.25, 0.3) is 11.0 Å². The third kappa shape index (κ3) is 2.24. The van der Waals surface area contributed by atoms with Gasteiger partial charge in [-0.05, 0) is 42.9 Å². The lowest BCUT2D eigenvalue weighted by Gasteiger charge is -2.01. The molecule has 0 saturated heterocycles. The van der Waals surface area contributed by atoms with Gasteiger partial charge in [0.25, 0.3) is 0 Å². The van der Waals surface area contributed by atoms with E-state index < -0.39 is 5.97 Å². The van der Waals surface area contributed by atoms with Crippen molar-refractivity contribution in [1.29, 1.82) is 0 Å². The second kappa shape index (κ2) is 4.70. The Kier molecular flexibility index (Phi) is 3.03. The number of ether oxygens (including phenoxy) is 1. The quantitative estimate of drug-likeness (QED) is 0.896. The van der Waals surface area contributed by atoms with Crippen LogP contribution in [0.15, 0.2) is 22.6 Å². The van der Waals surface area contributed by atoms with E-state index >= 15 is 0 Å². The molecule has 3 rings (SSSR count). The number of furan rings is 1. The fraction of sp³-hybridized carbons (Fsp3) is 0.400. The summed E-state index contributed by atoms with van der Waals surface area (Å²) in [6.07, 6.45) is 2.93. The molecule has 0 spiro atoms. The Morgan fingerprint density at radius 1 is 1.47 bits per heavy atom. The van der Waals surface area contributed by atoms with Crippen molar-refractivity contribution in [2.75, 3.05) is 13.7 Å². The first kappa shape index (κ1) is 12.2. The van der Waals surface area contributed by atoms with Gasteiger partial charge in [0, 0.05) is 18.1 Å². The minimum atomic E-state index is -0.975. The summed E-state index contributed by atoms with van der Waals surface area (Å²) in [6, 6.07) is 5.86. The number of fused-ring (bicyclic) bond motifs is 1. The molecule has 19 heavy (non-hydrogen) atoms. The molecule has 1 aliphatic rings. The highest BCUT2D eigenvalue weighted by molar-refractivity contribution is 5.96. The van der Waals surface area contributed by atoms with Crippen molar-refractivity contribution >= 4 is 16.9 Å². The average molecular weight is 260 g/mol. The molecule has 0 bridgehead atoms. The van der Waals surface area contributed by atoms with Crippen molar-refractivity contribution in [1.82, 2.24) is 0 Å². The van der Waals surface area contributed by atoms with Crippen LogP contribution in [0, 0.1) is 0 Å². The maximum atomic E-state index is 11.3. The summed E-state index contributed by atoms with van der Waals surface area (Å²) >= 11 is 0. The van der Waals surface area contributed by atoms with E-state index in [1.54, 1.807) is 7.11 Å². The molecule has 0 aliphatic heterocycles. The third-order valence-corrected chi connectivity index (χ3v) is 3.57. The van der Waals surface area contributed by atoms with Crippen molar-refractivity contribution < 1.29 is 19.1 Å². The van der Waals surface area contributed by atoms with Crippen LogP contribution in [0.5, 0.6) is 0 Å². The summed E-state index contributed by atoms with van der Waals surface area (Å²) in [5.41, 5.74) is 2.69. The standard InChI is InChI=1S/C15H16O4/c1-18-7-6-9-2-5-12-11(8-9)13(10-3-4-10)14(19-12)15(16)17/h2,5,8,10H,3-4,6-7H2,1H3,(H,16,17). The lowest BCUT2D eigenvalue weighted by Crippen LogP contribution is -1.98. The van der Waals surface area contributed by atoms with Crippen LogP contribution in [0.1, 0.15) is 40.4 Å². The van der Waals surface area contributed by atoms with Crippen LogP contribution in [0.4, 0.5) is 0 Å². The maximum Gasteiger partial charge on any atom is 0.372 e. The summed E-state index contributed by atoms with van der Waals surface area (Å²) in [5, 5.41) is 10.2. The molecule has 1 aromatic carbocycles. The zero-order chi connectivity index (χ0) is 13.4. The molecular weight excluding hydrogens is 244 g/mol. The van der Waals surface area contributed by atoms with Gasteiger partial charge in [-0.3, -0.25) is 0 Å². The SMILES string of the molecule is COCCc1ccc2oc(C(=O)O)c(C3CC3)c2c1. The van der Waals surface area contributed by atoms with Crippen LogP contribution in [0.3, 0.4) is 0 Å². The number of methoxy groups -OCH3 is 1. The molecule has 1 heterocycles. The van der Waals surface area contributed by atoms with Crippen molar-refractivity contribution in [2.24, 2.45) is 0 Å². The van der Waals surface area contributed by atoms with Crippen LogP contribution < -0.4 is 0 Å². The van der Waals surface area contributed by atoms with Gasteiger partial charge in [0.05, 0.1) is 6.61 Å². The molecule has 2 aromatic rings. The van der Waals surface area contributed by atoms with E-state index in [1.807, 2.05) is 18.2 Å². The van der Waals surface area contributed by atoms with Gasteiger partial charge in [0.2, 0.25) is 5.76 Å². The fourth-order valence-corrected chi connectivity index (χ4v) is 2.48. The number of benzene rings is 1. The Bertz CT molecular complexity index is 622. The molecule has 1 saturated carbocycles. The molecule has 1 N–H and O–H groups in total. The highest BCUT2D eigenvalue weighted by atomic mass is 16.5. The molecular formula is C15H16O4. The highest BCUT2D eigenvalue weighted by Gasteiger charge is 2.33. The number of aromatic carboxylic acids is 1. The first-order valence-corrected chi connectivity index (χ1v) is 6.48. The fourth-order valence-electron chi connectivity index (χ4n) is 2.48. The van der Waals surface area contributed by atoms with E-state index in [2.05, 4.69) is 0 Å². The second-order valence-electron chi connectivity index (χ2n) is 5.00. The zero-order valence-corrected chi connectivity index (χ0v) is 10.8. The molecule has 0 atom stereocenters. The Morgan fingerprint density at radius 3 is 2.89 bits per heavy atom. The molecule has 1 aromatic heterocycles. The van der Waals surface area contributed by atoms with E-state index in [4.69, 9.17) is 9.15 Å². The lowest BCUT2D eigenvalue weighted by molar-refractivity contribution is 0.0663. The Labute approximate surface area is 111 Å². The number of carbonyl (C=O) groups is 1.